The van der Waals surface area contributed by atoms with Crippen molar-refractivity contribution in [1.82, 2.24) is 5.43 Å². The monoisotopic (exact) mass is 296 g/mol. The van der Waals surface area contributed by atoms with Crippen molar-refractivity contribution in [3.05, 3.63) is 59.2 Å². The fraction of sp³-hybridized carbons (Fsp3) is 0.235. The van der Waals surface area contributed by atoms with E-state index in [9.17, 15) is 5.11 Å². The molecular formula is C17H16N2O3. The summed E-state index contributed by atoms with van der Waals surface area (Å²) >= 11 is 0. The summed E-state index contributed by atoms with van der Waals surface area (Å²) in [7, 11) is 0. The first-order valence-corrected chi connectivity index (χ1v) is 7.26. The lowest BCUT2D eigenvalue weighted by atomic mass is 9.96. The first kappa shape index (κ1) is 13.2. The van der Waals surface area contributed by atoms with E-state index < -0.39 is 0 Å². The number of phenols is 1. The standard InChI is InChI=1S/C17H16N2O3/c20-16-7-2-1-5-12(16)14-8-15(19-18-14)13-6-3-4-11-9-21-10-22-17(11)13/h1-7,15,19-20H,8-10H2. The predicted molar refractivity (Wildman–Crippen MR) is 81.9 cm³/mol. The Morgan fingerprint density at radius 3 is 2.95 bits per heavy atom. The minimum atomic E-state index is 0.0441. The third-order valence-corrected chi connectivity index (χ3v) is 4.01. The van der Waals surface area contributed by atoms with E-state index in [1.54, 1.807) is 12.1 Å². The Kier molecular flexibility index (Phi) is 3.20. The van der Waals surface area contributed by atoms with Gasteiger partial charge in [-0.15, -0.1) is 0 Å². The van der Waals surface area contributed by atoms with Crippen molar-refractivity contribution < 1.29 is 14.6 Å². The highest BCUT2D eigenvalue weighted by Gasteiger charge is 2.27. The molecule has 4 rings (SSSR count). The number of para-hydroxylation sites is 2. The third-order valence-electron chi connectivity index (χ3n) is 4.01. The van der Waals surface area contributed by atoms with E-state index in [0.717, 1.165) is 28.2 Å². The Balaban J connectivity index is 1.62. The number of hydrogen-bond donors (Lipinski definition) is 2. The van der Waals surface area contributed by atoms with Crippen molar-refractivity contribution in [2.75, 3.05) is 6.79 Å². The molecule has 0 radical (unpaired) electrons. The molecule has 0 bridgehead atoms. The fourth-order valence-corrected chi connectivity index (χ4v) is 2.93. The van der Waals surface area contributed by atoms with Crippen LogP contribution in [0.5, 0.6) is 11.5 Å². The van der Waals surface area contributed by atoms with Gasteiger partial charge in [0.2, 0.25) is 0 Å². The van der Waals surface area contributed by atoms with Gasteiger partial charge < -0.3 is 20.0 Å². The third kappa shape index (κ3) is 2.19. The molecule has 2 N–H and O–H groups in total. The van der Waals surface area contributed by atoms with Crippen molar-refractivity contribution in [1.29, 1.82) is 0 Å². The molecule has 2 aromatic rings. The number of hydrogen-bond acceptors (Lipinski definition) is 5. The molecular weight excluding hydrogens is 280 g/mol. The Morgan fingerprint density at radius 1 is 1.14 bits per heavy atom. The second-order valence-electron chi connectivity index (χ2n) is 5.41. The van der Waals surface area contributed by atoms with Gasteiger partial charge in [-0.2, -0.15) is 5.10 Å². The predicted octanol–water partition coefficient (Wildman–Crippen LogP) is 2.70. The number of phenolic OH excluding ortho intramolecular Hbond substituents is 1. The summed E-state index contributed by atoms with van der Waals surface area (Å²) in [5.41, 5.74) is 6.91. The maximum atomic E-state index is 9.97. The molecule has 5 nitrogen and oxygen atoms in total. The average Bonchev–Trinajstić information content (AvgIpc) is 3.04. The van der Waals surface area contributed by atoms with E-state index in [0.29, 0.717) is 13.0 Å². The summed E-state index contributed by atoms with van der Waals surface area (Å²) in [4.78, 5) is 0. The lowest BCUT2D eigenvalue weighted by Gasteiger charge is -2.23. The molecule has 0 aliphatic carbocycles. The highest BCUT2D eigenvalue weighted by atomic mass is 16.7. The Bertz CT molecular complexity index is 742. The van der Waals surface area contributed by atoms with Gasteiger partial charge in [-0.05, 0) is 12.1 Å². The highest BCUT2D eigenvalue weighted by Crippen LogP contribution is 2.36. The summed E-state index contributed by atoms with van der Waals surface area (Å²) in [5.74, 6) is 1.14. The summed E-state index contributed by atoms with van der Waals surface area (Å²) < 4.78 is 11.0. The van der Waals surface area contributed by atoms with Crippen LogP contribution in [-0.4, -0.2) is 17.6 Å². The number of nitrogens with one attached hydrogen (secondary N) is 1. The number of rotatable bonds is 2. The summed E-state index contributed by atoms with van der Waals surface area (Å²) in [6.07, 6.45) is 0.707. The van der Waals surface area contributed by atoms with Gasteiger partial charge in [0.1, 0.15) is 11.5 Å². The van der Waals surface area contributed by atoms with E-state index in [1.807, 2.05) is 30.3 Å². The maximum Gasteiger partial charge on any atom is 0.189 e. The van der Waals surface area contributed by atoms with Crippen LogP contribution in [0.25, 0.3) is 0 Å². The second-order valence-corrected chi connectivity index (χ2v) is 5.41. The van der Waals surface area contributed by atoms with E-state index in [-0.39, 0.29) is 18.6 Å². The number of nitrogens with zero attached hydrogens (tertiary/aromatic N) is 1. The van der Waals surface area contributed by atoms with Crippen LogP contribution in [0.1, 0.15) is 29.2 Å². The van der Waals surface area contributed by atoms with Crippen molar-refractivity contribution >= 4 is 5.71 Å². The van der Waals surface area contributed by atoms with Gasteiger partial charge in [0.25, 0.3) is 0 Å². The summed E-state index contributed by atoms with van der Waals surface area (Å²) in [6, 6.07) is 13.4. The first-order chi connectivity index (χ1) is 10.8. The zero-order chi connectivity index (χ0) is 14.9. The van der Waals surface area contributed by atoms with Crippen LogP contribution in [0, 0.1) is 0 Å². The van der Waals surface area contributed by atoms with Crippen LogP contribution in [0.4, 0.5) is 0 Å². The van der Waals surface area contributed by atoms with Gasteiger partial charge in [0.15, 0.2) is 6.79 Å². The number of fused-ring (bicyclic) bond motifs is 1. The van der Waals surface area contributed by atoms with Crippen LogP contribution < -0.4 is 10.2 Å². The van der Waals surface area contributed by atoms with Crippen LogP contribution in [0.3, 0.4) is 0 Å². The van der Waals surface area contributed by atoms with Crippen LogP contribution in [-0.2, 0) is 11.3 Å². The van der Waals surface area contributed by atoms with Gasteiger partial charge >= 0.3 is 0 Å². The molecule has 0 amide bonds. The molecule has 0 fully saturated rings. The largest absolute Gasteiger partial charge is 0.507 e. The smallest absolute Gasteiger partial charge is 0.189 e. The minimum absolute atomic E-state index is 0.0441. The second kappa shape index (κ2) is 5.35. The highest BCUT2D eigenvalue weighted by molar-refractivity contribution is 6.03. The molecule has 2 heterocycles. The van der Waals surface area contributed by atoms with Gasteiger partial charge in [-0.3, -0.25) is 0 Å². The lowest BCUT2D eigenvalue weighted by Crippen LogP contribution is -2.17. The minimum Gasteiger partial charge on any atom is -0.507 e. The molecule has 2 aliphatic rings. The Labute approximate surface area is 128 Å². The molecule has 0 saturated heterocycles. The molecule has 2 aromatic carbocycles. The molecule has 1 atom stereocenters. The molecule has 2 aliphatic heterocycles. The van der Waals surface area contributed by atoms with E-state index in [2.05, 4.69) is 10.5 Å². The Morgan fingerprint density at radius 2 is 2.05 bits per heavy atom. The van der Waals surface area contributed by atoms with Crippen LogP contribution in [0.15, 0.2) is 47.6 Å². The van der Waals surface area contributed by atoms with E-state index in [4.69, 9.17) is 9.47 Å². The molecule has 1 unspecified atom stereocenters. The lowest BCUT2D eigenvalue weighted by molar-refractivity contribution is -0.0173. The first-order valence-electron chi connectivity index (χ1n) is 7.26. The van der Waals surface area contributed by atoms with E-state index in [1.165, 1.54) is 0 Å². The molecule has 22 heavy (non-hydrogen) atoms. The fourth-order valence-electron chi connectivity index (χ4n) is 2.93. The number of aromatic hydroxyl groups is 1. The normalized spacial score (nSPS) is 19.8. The van der Waals surface area contributed by atoms with Gasteiger partial charge in [-0.25, -0.2) is 0 Å². The summed E-state index contributed by atoms with van der Waals surface area (Å²) in [6.45, 7) is 0.854. The van der Waals surface area contributed by atoms with Gasteiger partial charge in [0.05, 0.1) is 18.4 Å². The number of benzene rings is 2. The zero-order valence-corrected chi connectivity index (χ0v) is 12.0. The molecule has 0 saturated carbocycles. The quantitative estimate of drug-likeness (QED) is 0.894. The Hall–Kier alpha value is -2.53. The number of ether oxygens (including phenoxy) is 2. The van der Waals surface area contributed by atoms with Crippen molar-refractivity contribution in [3.8, 4) is 11.5 Å². The number of hydrazone groups is 1. The van der Waals surface area contributed by atoms with Crippen molar-refractivity contribution in [2.45, 2.75) is 19.1 Å². The average molecular weight is 296 g/mol. The topological polar surface area (TPSA) is 63.1 Å². The maximum absolute atomic E-state index is 9.97. The summed E-state index contributed by atoms with van der Waals surface area (Å²) in [5, 5.41) is 14.4. The zero-order valence-electron chi connectivity index (χ0n) is 12.0. The van der Waals surface area contributed by atoms with Crippen molar-refractivity contribution in [3.63, 3.8) is 0 Å². The molecule has 0 aromatic heterocycles. The van der Waals surface area contributed by atoms with Gasteiger partial charge in [0, 0.05) is 23.1 Å². The van der Waals surface area contributed by atoms with Crippen molar-refractivity contribution in [2.24, 2.45) is 5.10 Å². The SMILES string of the molecule is Oc1ccccc1C1=NNC(c2cccc3c2OCOC3)C1. The van der Waals surface area contributed by atoms with E-state index >= 15 is 0 Å². The molecule has 5 heteroatoms. The van der Waals surface area contributed by atoms with Crippen LogP contribution >= 0.6 is 0 Å². The van der Waals surface area contributed by atoms with Crippen LogP contribution in [0.2, 0.25) is 0 Å². The van der Waals surface area contributed by atoms with Gasteiger partial charge in [-0.1, -0.05) is 30.3 Å². The molecule has 112 valence electrons. The molecule has 0 spiro atoms.